The number of phosphoric ester groups is 1. The minimum atomic E-state index is -5.04. The number of nitrogens with two attached hydrogens (primary N) is 1. The molecule has 2 aromatic rings. The van der Waals surface area contributed by atoms with Crippen molar-refractivity contribution in [3.8, 4) is 5.75 Å². The van der Waals surface area contributed by atoms with Crippen LogP contribution >= 0.6 is 7.82 Å². The Balaban J connectivity index is 2.11. The van der Waals surface area contributed by atoms with Crippen LogP contribution < -0.4 is 10.5 Å². The number of benzene rings is 2. The highest BCUT2D eigenvalue weighted by Crippen LogP contribution is 2.39. The first-order chi connectivity index (χ1) is 18.1. The van der Waals surface area contributed by atoms with E-state index in [2.05, 4.69) is 4.52 Å². The third kappa shape index (κ3) is 10.6. The van der Waals surface area contributed by atoms with Crippen molar-refractivity contribution >= 4 is 7.82 Å². The van der Waals surface area contributed by atoms with E-state index in [1.807, 2.05) is 0 Å². The van der Waals surface area contributed by atoms with Gasteiger partial charge in [0.05, 0.1) is 42.0 Å². The number of hydrogen-bond donors (Lipinski definition) is 4. The lowest BCUT2D eigenvalue weighted by atomic mass is 9.93. The zero-order chi connectivity index (χ0) is 30.6. The lowest BCUT2D eigenvalue weighted by Crippen LogP contribution is -2.48. The first-order valence-corrected chi connectivity index (χ1v) is 12.9. The molecule has 0 spiro atoms. The van der Waals surface area contributed by atoms with Crippen LogP contribution in [-0.4, -0.2) is 40.3 Å². The highest BCUT2D eigenvalue weighted by Gasteiger charge is 2.37. The van der Waals surface area contributed by atoms with Gasteiger partial charge in [0.15, 0.2) is 0 Å². The summed E-state index contributed by atoms with van der Waals surface area (Å²) in [6.45, 7) is -2.04. The van der Waals surface area contributed by atoms with Gasteiger partial charge in [-0.25, -0.2) is 4.57 Å². The van der Waals surface area contributed by atoms with Gasteiger partial charge in [0.2, 0.25) is 0 Å². The Morgan fingerprint density at radius 2 is 1.38 bits per heavy atom. The number of aliphatic hydroxyl groups excluding tert-OH is 1. The van der Waals surface area contributed by atoms with E-state index in [-0.39, 0.29) is 42.9 Å². The molecule has 0 saturated carbocycles. The molecule has 0 aromatic heterocycles. The van der Waals surface area contributed by atoms with Crippen molar-refractivity contribution in [1.82, 2.24) is 0 Å². The maximum absolute atomic E-state index is 13.6. The molecule has 0 bridgehead atoms. The Morgan fingerprint density at radius 3 is 1.85 bits per heavy atom. The van der Waals surface area contributed by atoms with Crippen molar-refractivity contribution in [2.24, 2.45) is 5.73 Å². The van der Waals surface area contributed by atoms with Gasteiger partial charge in [0.25, 0.3) is 0 Å². The van der Waals surface area contributed by atoms with Crippen LogP contribution in [0.4, 0.5) is 39.5 Å². The molecule has 0 heterocycles. The van der Waals surface area contributed by atoms with E-state index in [9.17, 15) is 49.2 Å². The third-order valence-electron chi connectivity index (χ3n) is 5.61. The molecule has 1 unspecified atom stereocenters. The SMILES string of the molecule is NC(CO)(CCc1ccc(OCCCc2cc(C(F)(F)F)cc(C(F)(F)F)c2)c(C(F)(F)F)c1)COP(=O)(O)O. The van der Waals surface area contributed by atoms with Crippen molar-refractivity contribution < 1.29 is 68.2 Å². The molecule has 0 amide bonds. The van der Waals surface area contributed by atoms with Crippen molar-refractivity contribution in [1.29, 1.82) is 0 Å². The Hall–Kier alpha value is -2.36. The van der Waals surface area contributed by atoms with E-state index in [0.29, 0.717) is 12.1 Å². The maximum Gasteiger partial charge on any atom is 0.469 e. The van der Waals surface area contributed by atoms with Crippen molar-refractivity contribution in [3.63, 3.8) is 0 Å². The third-order valence-corrected chi connectivity index (χ3v) is 6.08. The van der Waals surface area contributed by atoms with Gasteiger partial charge in [-0.3, -0.25) is 4.52 Å². The quantitative estimate of drug-likeness (QED) is 0.142. The Labute approximate surface area is 221 Å². The largest absolute Gasteiger partial charge is 0.493 e. The summed E-state index contributed by atoms with van der Waals surface area (Å²) >= 11 is 0. The summed E-state index contributed by atoms with van der Waals surface area (Å²) in [7, 11) is -4.92. The number of hydrogen-bond acceptors (Lipinski definition) is 5. The maximum atomic E-state index is 13.6. The average molecular weight is 613 g/mol. The van der Waals surface area contributed by atoms with Crippen molar-refractivity contribution in [2.75, 3.05) is 19.8 Å². The minimum Gasteiger partial charge on any atom is -0.493 e. The van der Waals surface area contributed by atoms with Crippen LogP contribution in [0, 0.1) is 0 Å². The second-order valence-corrected chi connectivity index (χ2v) is 10.2. The lowest BCUT2D eigenvalue weighted by Gasteiger charge is -2.27. The summed E-state index contributed by atoms with van der Waals surface area (Å²) < 4.78 is 139. The number of ether oxygens (including phenoxy) is 1. The van der Waals surface area contributed by atoms with Gasteiger partial charge in [-0.15, -0.1) is 0 Å². The predicted octanol–water partition coefficient (Wildman–Crippen LogP) is 5.49. The van der Waals surface area contributed by atoms with Gasteiger partial charge in [-0.1, -0.05) is 6.07 Å². The molecule has 2 rings (SSSR count). The van der Waals surface area contributed by atoms with Crippen LogP contribution in [0.15, 0.2) is 36.4 Å². The Kier molecular flexibility index (Phi) is 10.7. The monoisotopic (exact) mass is 613 g/mol. The van der Waals surface area contributed by atoms with Gasteiger partial charge in [0.1, 0.15) is 5.75 Å². The standard InChI is InChI=1S/C23H25F9NO6P/c24-21(25,26)16-8-15(9-17(11-16)22(27,28)29)2-1-7-38-19-4-3-14(10-18(19)23(30,31)32)5-6-20(33,12-34)13-39-40(35,36)37/h3-4,8-11,34H,1-2,5-7,12-13,33H2,(H2,35,36,37). The molecular formula is C23H25F9NO6P. The van der Waals surface area contributed by atoms with E-state index in [4.69, 9.17) is 20.3 Å². The molecule has 0 aliphatic heterocycles. The second-order valence-electron chi connectivity index (χ2n) is 8.98. The first-order valence-electron chi connectivity index (χ1n) is 11.3. The summed E-state index contributed by atoms with van der Waals surface area (Å²) in [4.78, 5) is 17.6. The zero-order valence-electron chi connectivity index (χ0n) is 20.4. The minimum absolute atomic E-state index is 0.0306. The number of halogens is 9. The average Bonchev–Trinajstić information content (AvgIpc) is 2.82. The molecule has 7 nitrogen and oxygen atoms in total. The fourth-order valence-corrected chi connectivity index (χ4v) is 3.93. The van der Waals surface area contributed by atoms with Gasteiger partial charge in [-0.2, -0.15) is 39.5 Å². The molecule has 226 valence electrons. The Bertz CT molecular complexity index is 1160. The summed E-state index contributed by atoms with van der Waals surface area (Å²) in [6, 6.07) is 3.94. The van der Waals surface area contributed by atoms with E-state index in [0.717, 1.165) is 12.1 Å². The molecule has 2 aromatic carbocycles. The molecule has 0 fully saturated rings. The van der Waals surface area contributed by atoms with Gasteiger partial charge in [-0.05, 0) is 67.1 Å². The first kappa shape index (κ1) is 33.8. The van der Waals surface area contributed by atoms with Gasteiger partial charge in [0, 0.05) is 0 Å². The molecule has 0 aliphatic carbocycles. The van der Waals surface area contributed by atoms with Crippen LogP contribution in [0.25, 0.3) is 0 Å². The number of aryl methyl sites for hydroxylation is 2. The van der Waals surface area contributed by atoms with Crippen molar-refractivity contribution in [2.45, 2.75) is 49.8 Å². The van der Waals surface area contributed by atoms with E-state index in [1.54, 1.807) is 0 Å². The van der Waals surface area contributed by atoms with E-state index < -0.39 is 74.2 Å². The van der Waals surface area contributed by atoms with Crippen LogP contribution in [0.2, 0.25) is 0 Å². The number of aliphatic hydroxyl groups is 1. The fraction of sp³-hybridized carbons (Fsp3) is 0.478. The van der Waals surface area contributed by atoms with E-state index >= 15 is 0 Å². The molecule has 40 heavy (non-hydrogen) atoms. The Morgan fingerprint density at radius 1 is 0.800 bits per heavy atom. The molecule has 0 aliphatic rings. The smallest absolute Gasteiger partial charge is 0.469 e. The molecule has 17 heteroatoms. The van der Waals surface area contributed by atoms with Crippen molar-refractivity contribution in [3.05, 3.63) is 64.2 Å². The topological polar surface area (TPSA) is 122 Å². The van der Waals surface area contributed by atoms with Crippen LogP contribution in [0.3, 0.4) is 0 Å². The second kappa shape index (κ2) is 12.7. The summed E-state index contributed by atoms with van der Waals surface area (Å²) in [6.07, 6.45) is -15.9. The summed E-state index contributed by atoms with van der Waals surface area (Å²) in [5.41, 5.74) is -0.359. The van der Waals surface area contributed by atoms with Gasteiger partial charge < -0.3 is 25.4 Å². The summed E-state index contributed by atoms with van der Waals surface area (Å²) in [5.74, 6) is -0.637. The molecule has 0 saturated heterocycles. The molecule has 0 radical (unpaired) electrons. The fourth-order valence-electron chi connectivity index (χ4n) is 3.50. The van der Waals surface area contributed by atoms with Crippen LogP contribution in [0.1, 0.15) is 40.7 Å². The number of alkyl halides is 9. The molecule has 5 N–H and O–H groups in total. The molecule has 1 atom stereocenters. The van der Waals surface area contributed by atoms with Crippen LogP contribution in [-0.2, 0) is 40.5 Å². The normalized spacial score (nSPS) is 14.7. The zero-order valence-corrected chi connectivity index (χ0v) is 21.3. The van der Waals surface area contributed by atoms with E-state index in [1.165, 1.54) is 6.07 Å². The lowest BCUT2D eigenvalue weighted by molar-refractivity contribution is -0.143. The predicted molar refractivity (Wildman–Crippen MR) is 122 cm³/mol. The van der Waals surface area contributed by atoms with Gasteiger partial charge >= 0.3 is 26.4 Å². The molecular weight excluding hydrogens is 588 g/mol. The number of phosphoric acid groups is 1. The van der Waals surface area contributed by atoms with Crippen LogP contribution in [0.5, 0.6) is 5.75 Å². The highest BCUT2D eigenvalue weighted by atomic mass is 31.2. The highest BCUT2D eigenvalue weighted by molar-refractivity contribution is 7.46. The number of rotatable bonds is 12. The summed E-state index contributed by atoms with van der Waals surface area (Å²) in [5, 5.41) is 9.43.